The van der Waals surface area contributed by atoms with E-state index in [1.165, 1.54) is 12.2 Å². The Bertz CT molecular complexity index is 418. The van der Waals surface area contributed by atoms with Gasteiger partial charge in [-0.15, -0.1) is 0 Å². The smallest absolute Gasteiger partial charge is 0.258 e. The number of alkyl halides is 1. The molecule has 1 aliphatic heterocycles. The lowest BCUT2D eigenvalue weighted by Gasteiger charge is -2.13. The molecular formula is C11H8BrNO2. The maximum Gasteiger partial charge on any atom is 0.258 e. The predicted molar refractivity (Wildman–Crippen MR) is 60.7 cm³/mol. The molecule has 0 N–H and O–H groups in total. The van der Waals surface area contributed by atoms with Crippen molar-refractivity contribution in [3.05, 3.63) is 42.0 Å². The minimum atomic E-state index is -0.286. The third kappa shape index (κ3) is 1.85. The van der Waals surface area contributed by atoms with Crippen LogP contribution < -0.4 is 4.90 Å². The van der Waals surface area contributed by atoms with Gasteiger partial charge in [-0.2, -0.15) is 0 Å². The summed E-state index contributed by atoms with van der Waals surface area (Å²) in [4.78, 5) is 23.8. The number of anilines is 1. The van der Waals surface area contributed by atoms with Crippen molar-refractivity contribution in [2.75, 3.05) is 4.90 Å². The Kier molecular flexibility index (Phi) is 2.68. The van der Waals surface area contributed by atoms with Crippen molar-refractivity contribution in [1.29, 1.82) is 0 Å². The molecule has 1 heterocycles. The van der Waals surface area contributed by atoms with Gasteiger partial charge in [-0.3, -0.25) is 9.59 Å². The summed E-state index contributed by atoms with van der Waals surface area (Å²) in [6.07, 6.45) is 2.56. The zero-order valence-electron chi connectivity index (χ0n) is 7.81. The van der Waals surface area contributed by atoms with E-state index in [4.69, 9.17) is 0 Å². The van der Waals surface area contributed by atoms with Crippen LogP contribution in [0, 0.1) is 0 Å². The van der Waals surface area contributed by atoms with Crippen LogP contribution >= 0.6 is 15.9 Å². The summed E-state index contributed by atoms with van der Waals surface area (Å²) >= 11 is 3.33. The standard InChI is InChI=1S/C11H8BrNO2/c12-7-8-1-3-9(4-2-8)13-10(14)5-6-11(13)15/h1-6H,7H2. The number of benzene rings is 1. The Morgan fingerprint density at radius 2 is 1.53 bits per heavy atom. The van der Waals surface area contributed by atoms with Gasteiger partial charge in [0, 0.05) is 17.5 Å². The third-order valence-corrected chi connectivity index (χ3v) is 2.81. The van der Waals surface area contributed by atoms with Crippen LogP contribution in [-0.2, 0) is 14.9 Å². The van der Waals surface area contributed by atoms with Crippen molar-refractivity contribution in [1.82, 2.24) is 0 Å². The number of rotatable bonds is 2. The van der Waals surface area contributed by atoms with Gasteiger partial charge in [-0.25, -0.2) is 4.90 Å². The van der Waals surface area contributed by atoms with Gasteiger partial charge < -0.3 is 0 Å². The molecule has 3 nitrogen and oxygen atoms in total. The molecule has 1 aromatic carbocycles. The highest BCUT2D eigenvalue weighted by molar-refractivity contribution is 9.08. The summed E-state index contributed by atoms with van der Waals surface area (Å²) in [5, 5.41) is 0.757. The molecule has 0 fully saturated rings. The number of imide groups is 1. The van der Waals surface area contributed by atoms with E-state index >= 15 is 0 Å². The molecule has 0 aliphatic carbocycles. The van der Waals surface area contributed by atoms with E-state index in [0.29, 0.717) is 5.69 Å². The highest BCUT2D eigenvalue weighted by Crippen LogP contribution is 2.20. The average Bonchev–Trinajstić information content (AvgIpc) is 2.59. The predicted octanol–water partition coefficient (Wildman–Crippen LogP) is 2.01. The quantitative estimate of drug-likeness (QED) is 0.606. The van der Waals surface area contributed by atoms with Crippen LogP contribution in [-0.4, -0.2) is 11.8 Å². The number of amides is 2. The fraction of sp³-hybridized carbons (Fsp3) is 0.0909. The van der Waals surface area contributed by atoms with Crippen LogP contribution in [0.2, 0.25) is 0 Å². The van der Waals surface area contributed by atoms with Crippen LogP contribution in [0.25, 0.3) is 0 Å². The van der Waals surface area contributed by atoms with Crippen molar-refractivity contribution in [2.45, 2.75) is 5.33 Å². The summed E-state index contributed by atoms with van der Waals surface area (Å²) in [5.74, 6) is -0.571. The largest absolute Gasteiger partial charge is 0.269 e. The Morgan fingerprint density at radius 1 is 1.00 bits per heavy atom. The van der Waals surface area contributed by atoms with E-state index in [1.807, 2.05) is 12.1 Å². The van der Waals surface area contributed by atoms with Crippen LogP contribution in [0.15, 0.2) is 36.4 Å². The van der Waals surface area contributed by atoms with Gasteiger partial charge in [0.2, 0.25) is 0 Å². The molecule has 1 aliphatic rings. The molecule has 0 atom stereocenters. The number of hydrogen-bond donors (Lipinski definition) is 0. The van der Waals surface area contributed by atoms with E-state index in [0.717, 1.165) is 15.8 Å². The number of carbonyl (C=O) groups excluding carboxylic acids is 2. The molecule has 0 unspecified atom stereocenters. The highest BCUT2D eigenvalue weighted by atomic mass is 79.9. The van der Waals surface area contributed by atoms with E-state index in [2.05, 4.69) is 15.9 Å². The molecule has 15 heavy (non-hydrogen) atoms. The Morgan fingerprint density at radius 3 is 2.00 bits per heavy atom. The average molecular weight is 266 g/mol. The third-order valence-electron chi connectivity index (χ3n) is 2.16. The number of carbonyl (C=O) groups is 2. The van der Waals surface area contributed by atoms with Crippen molar-refractivity contribution in [3.63, 3.8) is 0 Å². The van der Waals surface area contributed by atoms with Crippen molar-refractivity contribution in [2.24, 2.45) is 0 Å². The maximum absolute atomic E-state index is 11.3. The van der Waals surface area contributed by atoms with E-state index in [9.17, 15) is 9.59 Å². The second-order valence-corrected chi connectivity index (χ2v) is 3.71. The van der Waals surface area contributed by atoms with Crippen LogP contribution in [0.4, 0.5) is 5.69 Å². The van der Waals surface area contributed by atoms with Crippen LogP contribution in [0.1, 0.15) is 5.56 Å². The number of halogens is 1. The lowest BCUT2D eigenvalue weighted by Crippen LogP contribution is -2.29. The Labute approximate surface area is 95.5 Å². The summed E-state index contributed by atoms with van der Waals surface area (Å²) in [6, 6.07) is 7.28. The monoisotopic (exact) mass is 265 g/mol. The molecule has 0 bridgehead atoms. The molecule has 2 rings (SSSR count). The fourth-order valence-corrected chi connectivity index (χ4v) is 1.76. The first-order chi connectivity index (χ1) is 7.22. The molecule has 1 aromatic rings. The first-order valence-corrected chi connectivity index (χ1v) is 5.55. The zero-order valence-corrected chi connectivity index (χ0v) is 9.40. The number of hydrogen-bond acceptors (Lipinski definition) is 2. The molecule has 0 saturated carbocycles. The van der Waals surface area contributed by atoms with Gasteiger partial charge in [0.15, 0.2) is 0 Å². The first kappa shape index (κ1) is 10.1. The molecule has 0 saturated heterocycles. The second-order valence-electron chi connectivity index (χ2n) is 3.15. The lowest BCUT2D eigenvalue weighted by molar-refractivity contribution is -0.119. The lowest BCUT2D eigenvalue weighted by atomic mass is 10.2. The van der Waals surface area contributed by atoms with Crippen molar-refractivity contribution in [3.8, 4) is 0 Å². The Balaban J connectivity index is 2.30. The van der Waals surface area contributed by atoms with Gasteiger partial charge >= 0.3 is 0 Å². The molecular weight excluding hydrogens is 258 g/mol. The van der Waals surface area contributed by atoms with Crippen molar-refractivity contribution < 1.29 is 9.59 Å². The fourth-order valence-electron chi connectivity index (χ4n) is 1.39. The van der Waals surface area contributed by atoms with Gasteiger partial charge in [-0.05, 0) is 17.7 Å². The van der Waals surface area contributed by atoms with Gasteiger partial charge in [-0.1, -0.05) is 28.1 Å². The Hall–Kier alpha value is -1.42. The molecule has 0 spiro atoms. The van der Waals surface area contributed by atoms with Gasteiger partial charge in [0.05, 0.1) is 5.69 Å². The topological polar surface area (TPSA) is 37.4 Å². The van der Waals surface area contributed by atoms with Gasteiger partial charge in [0.1, 0.15) is 0 Å². The number of nitrogens with zero attached hydrogens (tertiary/aromatic N) is 1. The maximum atomic E-state index is 11.3. The van der Waals surface area contributed by atoms with Crippen LogP contribution in [0.3, 0.4) is 0 Å². The normalized spacial score (nSPS) is 15.1. The minimum Gasteiger partial charge on any atom is -0.269 e. The van der Waals surface area contributed by atoms with Crippen molar-refractivity contribution >= 4 is 33.4 Å². The molecule has 4 heteroatoms. The second kappa shape index (κ2) is 3.98. The van der Waals surface area contributed by atoms with Gasteiger partial charge in [0.25, 0.3) is 11.8 Å². The highest BCUT2D eigenvalue weighted by Gasteiger charge is 2.24. The molecule has 76 valence electrons. The van der Waals surface area contributed by atoms with E-state index < -0.39 is 0 Å². The summed E-state index contributed by atoms with van der Waals surface area (Å²) in [7, 11) is 0. The zero-order chi connectivity index (χ0) is 10.8. The van der Waals surface area contributed by atoms with E-state index in [-0.39, 0.29) is 11.8 Å². The molecule has 0 radical (unpaired) electrons. The molecule has 0 aromatic heterocycles. The van der Waals surface area contributed by atoms with E-state index in [1.54, 1.807) is 12.1 Å². The molecule has 2 amide bonds. The first-order valence-electron chi connectivity index (χ1n) is 4.43. The summed E-state index contributed by atoms with van der Waals surface area (Å²) in [6.45, 7) is 0. The van der Waals surface area contributed by atoms with Crippen LogP contribution in [0.5, 0.6) is 0 Å². The summed E-state index contributed by atoms with van der Waals surface area (Å²) < 4.78 is 0. The minimum absolute atomic E-state index is 0.286. The summed E-state index contributed by atoms with van der Waals surface area (Å²) in [5.41, 5.74) is 1.71. The SMILES string of the molecule is O=C1C=CC(=O)N1c1ccc(CBr)cc1.